The number of nitrogens with one attached hydrogen (secondary N) is 1. The lowest BCUT2D eigenvalue weighted by atomic mass is 10.1. The smallest absolute Gasteiger partial charge is 0.321 e. The first-order valence-electron chi connectivity index (χ1n) is 5.18. The van der Waals surface area contributed by atoms with Crippen molar-refractivity contribution in [3.8, 4) is 0 Å². The van der Waals surface area contributed by atoms with E-state index in [1.807, 2.05) is 19.9 Å². The molecule has 1 atom stereocenters. The monoisotopic (exact) mass is 363 g/mol. The summed E-state index contributed by atoms with van der Waals surface area (Å²) in [4.78, 5) is 10.9. The molecule has 0 fully saturated rings. The lowest BCUT2D eigenvalue weighted by molar-refractivity contribution is -0.139. The molecule has 1 aromatic rings. The van der Waals surface area contributed by atoms with E-state index in [2.05, 4.69) is 48.0 Å². The average molecular weight is 365 g/mol. The molecule has 0 aliphatic rings. The summed E-state index contributed by atoms with van der Waals surface area (Å²) >= 11 is 6.78. The van der Waals surface area contributed by atoms with Crippen LogP contribution in [0.5, 0.6) is 0 Å². The molecule has 1 aromatic carbocycles. The highest BCUT2D eigenvalue weighted by atomic mass is 79.9. The molecule has 0 radical (unpaired) electrons. The van der Waals surface area contributed by atoms with E-state index in [9.17, 15) is 4.79 Å². The molecule has 0 amide bonds. The Morgan fingerprint density at radius 2 is 2.12 bits per heavy atom. The van der Waals surface area contributed by atoms with Gasteiger partial charge in [-0.1, -0.05) is 22.0 Å². The predicted octanol–water partition coefficient (Wildman–Crippen LogP) is 3.41. The normalized spacial score (nSPS) is 12.1. The van der Waals surface area contributed by atoms with Gasteiger partial charge in [-0.3, -0.25) is 4.79 Å². The van der Waals surface area contributed by atoms with Crippen molar-refractivity contribution in [3.63, 3.8) is 0 Å². The Morgan fingerprint density at radius 3 is 2.65 bits per heavy atom. The van der Waals surface area contributed by atoms with Crippen molar-refractivity contribution in [3.05, 3.63) is 27.7 Å². The predicted molar refractivity (Wildman–Crippen MR) is 76.8 cm³/mol. The summed E-state index contributed by atoms with van der Waals surface area (Å²) in [5, 5.41) is 3.23. The number of carbonyl (C=O) groups excluding carboxylic acids is 1. The van der Waals surface area contributed by atoms with E-state index in [4.69, 9.17) is 0 Å². The minimum atomic E-state index is -0.347. The summed E-state index contributed by atoms with van der Waals surface area (Å²) in [5.74, 6) is -0.279. The summed E-state index contributed by atoms with van der Waals surface area (Å²) in [6, 6.07) is 4.13. The van der Waals surface area contributed by atoms with Crippen molar-refractivity contribution in [1.82, 2.24) is 0 Å². The Labute approximate surface area is 118 Å². The van der Waals surface area contributed by atoms with E-state index in [1.165, 1.54) is 12.7 Å². The van der Waals surface area contributed by atoms with Gasteiger partial charge in [0.05, 0.1) is 12.8 Å². The molecule has 94 valence electrons. The molecule has 1 unspecified atom stereocenters. The largest absolute Gasteiger partial charge is 0.468 e. The van der Waals surface area contributed by atoms with E-state index in [-0.39, 0.29) is 10.8 Å². The molecule has 0 saturated carbocycles. The van der Waals surface area contributed by atoms with Crippen molar-refractivity contribution in [2.24, 2.45) is 0 Å². The third kappa shape index (κ3) is 4.00. The van der Waals surface area contributed by atoms with E-state index < -0.39 is 0 Å². The number of anilines is 1. The molecule has 1 N–H and O–H groups in total. The third-order valence-corrected chi connectivity index (χ3v) is 3.67. The number of methoxy groups -OCH3 is 1. The molecule has 0 bridgehead atoms. The highest BCUT2D eigenvalue weighted by Crippen LogP contribution is 2.27. The zero-order valence-corrected chi connectivity index (χ0v) is 13.2. The minimum absolute atomic E-state index is 0.279. The van der Waals surface area contributed by atoms with Crippen LogP contribution in [0.3, 0.4) is 0 Å². The van der Waals surface area contributed by atoms with Gasteiger partial charge in [-0.25, -0.2) is 0 Å². The number of hydrogen-bond donors (Lipinski definition) is 1. The fraction of sp³-hybridized carbons (Fsp3) is 0.417. The zero-order chi connectivity index (χ0) is 13.0. The molecular formula is C12H15Br2NO2. The molecule has 17 heavy (non-hydrogen) atoms. The van der Waals surface area contributed by atoms with Crippen molar-refractivity contribution < 1.29 is 9.53 Å². The summed E-state index contributed by atoms with van der Waals surface area (Å²) in [6.45, 7) is 4.56. The first kappa shape index (κ1) is 14.5. The molecule has 3 nitrogen and oxygen atoms in total. The third-order valence-electron chi connectivity index (χ3n) is 2.35. The number of benzene rings is 1. The lowest BCUT2D eigenvalue weighted by Gasteiger charge is -2.14. The molecule has 0 aromatic heterocycles. The van der Waals surface area contributed by atoms with Gasteiger partial charge in [-0.05, 0) is 47.0 Å². The molecule has 0 aliphatic carbocycles. The minimum Gasteiger partial charge on any atom is -0.468 e. The van der Waals surface area contributed by atoms with Gasteiger partial charge < -0.3 is 10.1 Å². The maximum Gasteiger partial charge on any atom is 0.321 e. The molecule has 0 spiro atoms. The van der Waals surface area contributed by atoms with Crippen molar-refractivity contribution in [2.75, 3.05) is 19.0 Å². The van der Waals surface area contributed by atoms with Crippen LogP contribution >= 0.6 is 31.9 Å². The fourth-order valence-electron chi connectivity index (χ4n) is 1.54. The van der Waals surface area contributed by atoms with Crippen LogP contribution in [0.4, 0.5) is 5.69 Å². The highest BCUT2D eigenvalue weighted by molar-refractivity contribution is 9.10. The second kappa shape index (κ2) is 6.40. The standard InChI is InChI=1S/C12H15Br2NO2/c1-7-4-8(2)11(9(13)5-7)15-6-10(14)12(16)17-3/h4-5,10,15H,6H2,1-3H3. The number of halogens is 2. The van der Waals surface area contributed by atoms with Crippen LogP contribution in [-0.4, -0.2) is 24.5 Å². The maximum atomic E-state index is 11.2. The molecule has 0 heterocycles. The van der Waals surface area contributed by atoms with E-state index in [1.54, 1.807) is 0 Å². The Bertz CT molecular complexity index is 398. The van der Waals surface area contributed by atoms with Crippen LogP contribution in [0.2, 0.25) is 0 Å². The number of carbonyl (C=O) groups is 1. The fourth-order valence-corrected chi connectivity index (χ4v) is 2.71. The van der Waals surface area contributed by atoms with Crippen molar-refractivity contribution >= 4 is 43.5 Å². The van der Waals surface area contributed by atoms with Crippen LogP contribution in [0.25, 0.3) is 0 Å². The Balaban J connectivity index is 2.73. The summed E-state index contributed by atoms with van der Waals surface area (Å²) in [6.07, 6.45) is 0. The van der Waals surface area contributed by atoms with Gasteiger partial charge in [0, 0.05) is 11.0 Å². The van der Waals surface area contributed by atoms with E-state index >= 15 is 0 Å². The van der Waals surface area contributed by atoms with Crippen molar-refractivity contribution in [2.45, 2.75) is 18.7 Å². The van der Waals surface area contributed by atoms with Crippen LogP contribution < -0.4 is 5.32 Å². The number of alkyl halides is 1. The lowest BCUT2D eigenvalue weighted by Crippen LogP contribution is -2.24. The Kier molecular flexibility index (Phi) is 5.46. The SMILES string of the molecule is COC(=O)C(Br)CNc1c(C)cc(C)cc1Br. The van der Waals surface area contributed by atoms with Crippen LogP contribution in [0.15, 0.2) is 16.6 Å². The topological polar surface area (TPSA) is 38.3 Å². The van der Waals surface area contributed by atoms with Gasteiger partial charge in [-0.15, -0.1) is 0 Å². The van der Waals surface area contributed by atoms with E-state index in [0.29, 0.717) is 6.54 Å². The number of rotatable bonds is 4. The zero-order valence-electron chi connectivity index (χ0n) is 10.0. The molecular weight excluding hydrogens is 350 g/mol. The molecule has 0 saturated heterocycles. The molecule has 5 heteroatoms. The second-order valence-electron chi connectivity index (χ2n) is 3.81. The molecule has 0 aliphatic heterocycles. The summed E-state index contributed by atoms with van der Waals surface area (Å²) in [5.41, 5.74) is 3.34. The number of esters is 1. The maximum absolute atomic E-state index is 11.2. The highest BCUT2D eigenvalue weighted by Gasteiger charge is 2.15. The van der Waals surface area contributed by atoms with Crippen LogP contribution in [-0.2, 0) is 9.53 Å². The summed E-state index contributed by atoms with van der Waals surface area (Å²) < 4.78 is 5.64. The van der Waals surface area contributed by atoms with Crippen LogP contribution in [0, 0.1) is 13.8 Å². The van der Waals surface area contributed by atoms with Gasteiger partial charge >= 0.3 is 5.97 Å². The Morgan fingerprint density at radius 1 is 1.47 bits per heavy atom. The molecule has 1 rings (SSSR count). The van der Waals surface area contributed by atoms with Gasteiger partial charge in [0.15, 0.2) is 0 Å². The summed E-state index contributed by atoms with van der Waals surface area (Å²) in [7, 11) is 1.38. The number of ether oxygens (including phenoxy) is 1. The van der Waals surface area contributed by atoms with Gasteiger partial charge in [0.25, 0.3) is 0 Å². The first-order chi connectivity index (χ1) is 7.95. The Hall–Kier alpha value is -0.550. The van der Waals surface area contributed by atoms with E-state index in [0.717, 1.165) is 15.7 Å². The average Bonchev–Trinajstić information content (AvgIpc) is 2.26. The van der Waals surface area contributed by atoms with Gasteiger partial charge in [-0.2, -0.15) is 0 Å². The quantitative estimate of drug-likeness (QED) is 0.657. The van der Waals surface area contributed by atoms with Crippen LogP contribution in [0.1, 0.15) is 11.1 Å². The first-order valence-corrected chi connectivity index (χ1v) is 6.89. The van der Waals surface area contributed by atoms with Gasteiger partial charge in [0.1, 0.15) is 4.83 Å². The number of hydrogen-bond acceptors (Lipinski definition) is 3. The van der Waals surface area contributed by atoms with Gasteiger partial charge in [0.2, 0.25) is 0 Å². The van der Waals surface area contributed by atoms with Crippen molar-refractivity contribution in [1.29, 1.82) is 0 Å². The second-order valence-corrected chi connectivity index (χ2v) is 5.77. The number of aryl methyl sites for hydroxylation is 2.